The zero-order chi connectivity index (χ0) is 12.2. The minimum atomic E-state index is -1.59. The Labute approximate surface area is 100 Å². The Morgan fingerprint density at radius 1 is 1.25 bits per heavy atom. The Hall–Kier alpha value is -0.673. The highest BCUT2D eigenvalue weighted by Crippen LogP contribution is 2.36. The minimum Gasteiger partial charge on any atom is -0.416 e. The first-order valence-electron chi connectivity index (χ1n) is 5.87. The molecule has 0 saturated heterocycles. The number of nitrogens with zero attached hydrogens (tertiary/aromatic N) is 1. The summed E-state index contributed by atoms with van der Waals surface area (Å²) in [5.41, 5.74) is 1.11. The van der Waals surface area contributed by atoms with Gasteiger partial charge in [0, 0.05) is 24.9 Å². The molecule has 0 radical (unpaired) electrons. The van der Waals surface area contributed by atoms with Crippen molar-refractivity contribution in [2.24, 2.45) is 0 Å². The van der Waals surface area contributed by atoms with Gasteiger partial charge in [-0.3, -0.25) is 4.98 Å². The van der Waals surface area contributed by atoms with Gasteiger partial charge in [0.1, 0.15) is 0 Å². The predicted octanol–water partition coefficient (Wildman–Crippen LogP) is 3.65. The maximum absolute atomic E-state index is 6.10. The quantitative estimate of drug-likeness (QED) is 0.746. The Balaban J connectivity index is 2.42. The summed E-state index contributed by atoms with van der Waals surface area (Å²) in [7, 11) is -1.59. The largest absolute Gasteiger partial charge is 0.416 e. The van der Waals surface area contributed by atoms with Gasteiger partial charge in [0.05, 0.1) is 0 Å². The number of rotatable bonds is 4. The van der Waals surface area contributed by atoms with E-state index in [-0.39, 0.29) is 5.04 Å². The summed E-state index contributed by atoms with van der Waals surface area (Å²) in [6.45, 7) is 12.1. The van der Waals surface area contributed by atoms with E-state index in [2.05, 4.69) is 44.9 Å². The molecule has 0 fully saturated rings. The summed E-state index contributed by atoms with van der Waals surface area (Å²) in [4.78, 5) is 4.30. The smallest absolute Gasteiger partial charge is 0.191 e. The van der Waals surface area contributed by atoms with E-state index < -0.39 is 8.32 Å². The van der Waals surface area contributed by atoms with Crippen LogP contribution in [0.25, 0.3) is 0 Å². The van der Waals surface area contributed by atoms with E-state index in [0.29, 0.717) is 0 Å². The van der Waals surface area contributed by atoms with Crippen molar-refractivity contribution in [2.45, 2.75) is 45.3 Å². The van der Waals surface area contributed by atoms with E-state index in [9.17, 15) is 0 Å². The monoisotopic (exact) mass is 237 g/mol. The van der Waals surface area contributed by atoms with Crippen molar-refractivity contribution >= 4 is 8.32 Å². The molecule has 2 nitrogen and oxygen atoms in total. The van der Waals surface area contributed by atoms with Crippen LogP contribution in [-0.4, -0.2) is 19.9 Å². The van der Waals surface area contributed by atoms with Crippen molar-refractivity contribution in [3.63, 3.8) is 0 Å². The van der Waals surface area contributed by atoms with Crippen molar-refractivity contribution < 1.29 is 4.43 Å². The fourth-order valence-electron chi connectivity index (χ4n) is 1.17. The van der Waals surface area contributed by atoms with Crippen LogP contribution in [-0.2, 0) is 10.8 Å². The Morgan fingerprint density at radius 3 is 2.44 bits per heavy atom. The SMILES string of the molecule is CC(C)(C)[Si](C)(C)OCCc1ccccn1. The molecule has 0 aliphatic heterocycles. The summed E-state index contributed by atoms with van der Waals surface area (Å²) in [5, 5.41) is 0.289. The van der Waals surface area contributed by atoms with Crippen molar-refractivity contribution in [3.8, 4) is 0 Å². The van der Waals surface area contributed by atoms with Crippen molar-refractivity contribution in [1.82, 2.24) is 4.98 Å². The first kappa shape index (κ1) is 13.4. The summed E-state index contributed by atoms with van der Waals surface area (Å²) >= 11 is 0. The van der Waals surface area contributed by atoms with E-state index in [1.807, 2.05) is 18.3 Å². The van der Waals surface area contributed by atoms with E-state index in [4.69, 9.17) is 4.43 Å². The highest BCUT2D eigenvalue weighted by Gasteiger charge is 2.36. The van der Waals surface area contributed by atoms with Gasteiger partial charge < -0.3 is 4.43 Å². The third-order valence-electron chi connectivity index (χ3n) is 3.35. The molecule has 0 atom stereocenters. The maximum Gasteiger partial charge on any atom is 0.191 e. The van der Waals surface area contributed by atoms with Crippen LogP contribution in [0.3, 0.4) is 0 Å². The fourth-order valence-corrected chi connectivity index (χ4v) is 2.22. The Bertz CT molecular complexity index is 316. The summed E-state index contributed by atoms with van der Waals surface area (Å²) in [5.74, 6) is 0. The maximum atomic E-state index is 6.10. The van der Waals surface area contributed by atoms with Crippen molar-refractivity contribution in [2.75, 3.05) is 6.61 Å². The summed E-state index contributed by atoms with van der Waals surface area (Å²) in [6, 6.07) is 6.02. The average molecular weight is 237 g/mol. The molecule has 16 heavy (non-hydrogen) atoms. The molecule has 1 rings (SSSR count). The van der Waals surface area contributed by atoms with E-state index >= 15 is 0 Å². The number of hydrogen-bond donors (Lipinski definition) is 0. The number of aromatic nitrogens is 1. The molecular weight excluding hydrogens is 214 g/mol. The van der Waals surface area contributed by atoms with Crippen LogP contribution in [0, 0.1) is 0 Å². The lowest BCUT2D eigenvalue weighted by Crippen LogP contribution is -2.41. The zero-order valence-electron chi connectivity index (χ0n) is 11.1. The van der Waals surface area contributed by atoms with Gasteiger partial charge in [0.25, 0.3) is 0 Å². The van der Waals surface area contributed by atoms with Gasteiger partial charge in [-0.15, -0.1) is 0 Å². The molecule has 90 valence electrons. The summed E-state index contributed by atoms with van der Waals surface area (Å²) in [6.07, 6.45) is 2.75. The predicted molar refractivity (Wildman–Crippen MR) is 71.1 cm³/mol. The molecular formula is C13H23NOSi. The molecule has 1 heterocycles. The fraction of sp³-hybridized carbons (Fsp3) is 0.615. The highest BCUT2D eigenvalue weighted by molar-refractivity contribution is 6.74. The van der Waals surface area contributed by atoms with Gasteiger partial charge in [0.15, 0.2) is 8.32 Å². The van der Waals surface area contributed by atoms with E-state index in [1.165, 1.54) is 0 Å². The van der Waals surface area contributed by atoms with Crippen molar-refractivity contribution in [1.29, 1.82) is 0 Å². The molecule has 0 saturated carbocycles. The Kier molecular flexibility index (Phi) is 4.27. The van der Waals surface area contributed by atoms with Crippen LogP contribution in [0.4, 0.5) is 0 Å². The van der Waals surface area contributed by atoms with Crippen LogP contribution in [0.15, 0.2) is 24.4 Å². The highest BCUT2D eigenvalue weighted by atomic mass is 28.4. The lowest BCUT2D eigenvalue weighted by atomic mass is 10.2. The molecule has 1 aromatic rings. The van der Waals surface area contributed by atoms with Crippen LogP contribution in [0.1, 0.15) is 26.5 Å². The van der Waals surface area contributed by atoms with Gasteiger partial charge in [0.2, 0.25) is 0 Å². The van der Waals surface area contributed by atoms with Gasteiger partial charge in [-0.25, -0.2) is 0 Å². The third kappa shape index (κ3) is 3.72. The lowest BCUT2D eigenvalue weighted by Gasteiger charge is -2.36. The van der Waals surface area contributed by atoms with Crippen LogP contribution < -0.4 is 0 Å². The molecule has 0 unspecified atom stereocenters. The molecule has 0 spiro atoms. The van der Waals surface area contributed by atoms with Crippen LogP contribution in [0.2, 0.25) is 18.1 Å². The van der Waals surface area contributed by atoms with Crippen LogP contribution >= 0.6 is 0 Å². The summed E-state index contributed by atoms with van der Waals surface area (Å²) < 4.78 is 6.10. The number of hydrogen-bond acceptors (Lipinski definition) is 2. The number of pyridine rings is 1. The van der Waals surface area contributed by atoms with Crippen molar-refractivity contribution in [3.05, 3.63) is 30.1 Å². The molecule has 0 aliphatic carbocycles. The Morgan fingerprint density at radius 2 is 1.94 bits per heavy atom. The molecule has 0 aromatic carbocycles. The normalized spacial score (nSPS) is 12.8. The molecule has 1 aromatic heterocycles. The first-order valence-corrected chi connectivity index (χ1v) is 8.78. The molecule has 0 N–H and O–H groups in total. The molecule has 0 amide bonds. The molecule has 0 aliphatic rings. The van der Waals surface area contributed by atoms with E-state index in [0.717, 1.165) is 18.7 Å². The second kappa shape index (κ2) is 5.10. The van der Waals surface area contributed by atoms with Gasteiger partial charge >= 0.3 is 0 Å². The van der Waals surface area contributed by atoms with Gasteiger partial charge in [-0.1, -0.05) is 26.8 Å². The zero-order valence-corrected chi connectivity index (χ0v) is 12.1. The van der Waals surface area contributed by atoms with Gasteiger partial charge in [-0.05, 0) is 30.3 Å². The lowest BCUT2D eigenvalue weighted by molar-refractivity contribution is 0.291. The molecule has 0 bridgehead atoms. The first-order chi connectivity index (χ1) is 7.33. The van der Waals surface area contributed by atoms with E-state index in [1.54, 1.807) is 0 Å². The second-order valence-corrected chi connectivity index (χ2v) is 10.5. The van der Waals surface area contributed by atoms with Gasteiger partial charge in [-0.2, -0.15) is 0 Å². The van der Waals surface area contributed by atoms with Crippen LogP contribution in [0.5, 0.6) is 0 Å². The second-order valence-electron chi connectivity index (χ2n) is 5.68. The topological polar surface area (TPSA) is 22.1 Å². The minimum absolute atomic E-state index is 0.289. The third-order valence-corrected chi connectivity index (χ3v) is 7.89. The standard InChI is InChI=1S/C13H23NOSi/c1-13(2,3)16(4,5)15-11-9-12-8-6-7-10-14-12/h6-8,10H,9,11H2,1-5H3. The average Bonchev–Trinajstić information content (AvgIpc) is 2.17. The molecule has 3 heteroatoms.